The highest BCUT2D eigenvalue weighted by Gasteiger charge is 2.34. The highest BCUT2D eigenvalue weighted by atomic mass is 16.5. The monoisotopic (exact) mass is 594 g/mol. The molecule has 0 bridgehead atoms. The molecule has 2 heterocycles. The van der Waals surface area contributed by atoms with E-state index in [2.05, 4.69) is 6.92 Å². The summed E-state index contributed by atoms with van der Waals surface area (Å²) in [6.07, 6.45) is 21.7. The average molecular weight is 595 g/mol. The number of carbonyl (C=O) groups excluding carboxylic acids is 2. The van der Waals surface area contributed by atoms with Gasteiger partial charge in [-0.25, -0.2) is 4.79 Å². The van der Waals surface area contributed by atoms with Gasteiger partial charge in [0.05, 0.1) is 30.5 Å². The zero-order valence-electron chi connectivity index (χ0n) is 26.8. The second-order valence-electron chi connectivity index (χ2n) is 12.9. The molecule has 0 aliphatic carbocycles. The Kier molecular flexibility index (Phi) is 19.6. The van der Waals surface area contributed by atoms with Crippen LogP contribution in [0.4, 0.5) is 0 Å². The Morgan fingerprint density at radius 2 is 1.24 bits per heavy atom. The minimum Gasteiger partial charge on any atom is -0.455 e. The van der Waals surface area contributed by atoms with Gasteiger partial charge in [0.1, 0.15) is 11.9 Å². The third-order valence-electron chi connectivity index (χ3n) is 8.94. The highest BCUT2D eigenvalue weighted by Crippen LogP contribution is 2.28. The molecule has 2 aliphatic heterocycles. The first kappa shape index (κ1) is 36.9. The van der Waals surface area contributed by atoms with Crippen molar-refractivity contribution in [1.82, 2.24) is 0 Å². The van der Waals surface area contributed by atoms with Crippen molar-refractivity contribution in [2.75, 3.05) is 0 Å². The molecule has 2 rings (SSSR count). The lowest BCUT2D eigenvalue weighted by Gasteiger charge is -2.22. The summed E-state index contributed by atoms with van der Waals surface area (Å²) in [5, 5.41) is 31.3. The van der Waals surface area contributed by atoms with Gasteiger partial charge in [0.25, 0.3) is 0 Å². The number of esters is 1. The minimum atomic E-state index is -0.581. The van der Waals surface area contributed by atoms with Gasteiger partial charge in [-0.1, -0.05) is 90.4 Å². The van der Waals surface area contributed by atoms with E-state index >= 15 is 0 Å². The molecular weight excluding hydrogens is 532 g/mol. The largest absolute Gasteiger partial charge is 0.455 e. The van der Waals surface area contributed by atoms with E-state index in [4.69, 9.17) is 9.47 Å². The molecule has 7 nitrogen and oxygen atoms in total. The van der Waals surface area contributed by atoms with Crippen LogP contribution in [0.5, 0.6) is 0 Å². The summed E-state index contributed by atoms with van der Waals surface area (Å²) in [5.74, 6) is -0.0860. The van der Waals surface area contributed by atoms with E-state index in [9.17, 15) is 24.9 Å². The van der Waals surface area contributed by atoms with E-state index in [0.717, 1.165) is 57.8 Å². The summed E-state index contributed by atoms with van der Waals surface area (Å²) in [7, 11) is 0. The van der Waals surface area contributed by atoms with E-state index in [1.54, 1.807) is 13.0 Å². The smallest absolute Gasteiger partial charge is 0.334 e. The second kappa shape index (κ2) is 22.3. The molecule has 0 aromatic carbocycles. The Balaban J connectivity index is 1.41. The predicted molar refractivity (Wildman–Crippen MR) is 167 cm³/mol. The molecule has 6 atom stereocenters. The summed E-state index contributed by atoms with van der Waals surface area (Å²) in [4.78, 5) is 23.9. The van der Waals surface area contributed by atoms with Crippen molar-refractivity contribution in [2.45, 2.75) is 198 Å². The van der Waals surface area contributed by atoms with Gasteiger partial charge in [0, 0.05) is 24.8 Å². The van der Waals surface area contributed by atoms with Crippen LogP contribution in [0, 0.1) is 0 Å². The Bertz CT molecular complexity index is 766. The third-order valence-corrected chi connectivity index (χ3v) is 8.94. The van der Waals surface area contributed by atoms with E-state index in [1.807, 2.05) is 0 Å². The van der Waals surface area contributed by atoms with Crippen molar-refractivity contribution in [3.05, 3.63) is 11.6 Å². The number of carbonyl (C=O) groups is 2. The molecule has 0 amide bonds. The number of unbranched alkanes of at least 4 members (excludes halogenated alkanes) is 12. The van der Waals surface area contributed by atoms with Crippen LogP contribution in [0.15, 0.2) is 11.6 Å². The molecule has 1 fully saturated rings. The number of ether oxygens (including phenoxy) is 2. The van der Waals surface area contributed by atoms with Crippen molar-refractivity contribution in [3.8, 4) is 0 Å². The Morgan fingerprint density at radius 1 is 0.762 bits per heavy atom. The Hall–Kier alpha value is -1.28. The van der Waals surface area contributed by atoms with Crippen LogP contribution < -0.4 is 0 Å². The molecule has 2 aliphatic rings. The fraction of sp³-hybridized carbons (Fsp3) is 0.886. The lowest BCUT2D eigenvalue weighted by molar-refractivity contribution is -0.139. The number of hydrogen-bond donors (Lipinski definition) is 3. The first-order valence-corrected chi connectivity index (χ1v) is 17.4. The summed E-state index contributed by atoms with van der Waals surface area (Å²) < 4.78 is 11.1. The number of aliphatic hydroxyl groups is 3. The van der Waals surface area contributed by atoms with Crippen molar-refractivity contribution in [2.24, 2.45) is 0 Å². The van der Waals surface area contributed by atoms with E-state index in [-0.39, 0.29) is 30.1 Å². The fourth-order valence-corrected chi connectivity index (χ4v) is 6.28. The van der Waals surface area contributed by atoms with Crippen LogP contribution in [0.25, 0.3) is 0 Å². The maximum atomic E-state index is 12.2. The Morgan fingerprint density at radius 3 is 1.76 bits per heavy atom. The van der Waals surface area contributed by atoms with Crippen LogP contribution in [0.2, 0.25) is 0 Å². The van der Waals surface area contributed by atoms with Gasteiger partial charge in [0.15, 0.2) is 0 Å². The molecule has 0 aromatic rings. The van der Waals surface area contributed by atoms with Gasteiger partial charge in [-0.2, -0.15) is 0 Å². The van der Waals surface area contributed by atoms with Gasteiger partial charge in [-0.15, -0.1) is 0 Å². The predicted octanol–water partition coefficient (Wildman–Crippen LogP) is 7.27. The average Bonchev–Trinajstić information content (AvgIpc) is 3.58. The third kappa shape index (κ3) is 16.0. The van der Waals surface area contributed by atoms with Gasteiger partial charge in [0.2, 0.25) is 0 Å². The van der Waals surface area contributed by atoms with Gasteiger partial charge in [-0.3, -0.25) is 4.79 Å². The first-order valence-electron chi connectivity index (χ1n) is 17.4. The van der Waals surface area contributed by atoms with Gasteiger partial charge in [-0.05, 0) is 57.9 Å². The number of rotatable bonds is 26. The zero-order chi connectivity index (χ0) is 30.6. The lowest BCUT2D eigenvalue weighted by Crippen LogP contribution is -2.31. The summed E-state index contributed by atoms with van der Waals surface area (Å²) in [6, 6.07) is 0. The van der Waals surface area contributed by atoms with Gasteiger partial charge >= 0.3 is 5.97 Å². The normalized spacial score (nSPS) is 22.6. The highest BCUT2D eigenvalue weighted by molar-refractivity contribution is 5.90. The standard InChI is InChI=1S/C35H62O7/c1-3-4-5-6-7-8-9-10-11-14-21-31(38)33-23-24-34(42-33)32(39)22-15-12-13-18-29(36)19-16-17-20-30(37)26-28-25-27(2)41-35(28)40/h25,27,30-34,37-39H,3-24,26H2,1-2H3/t27-,30?,31-,32-,33+,34+/m0/s1. The second-order valence-corrected chi connectivity index (χ2v) is 12.9. The Labute approximate surface area is 255 Å². The molecule has 0 aromatic heterocycles. The zero-order valence-corrected chi connectivity index (χ0v) is 26.8. The number of aliphatic hydroxyl groups excluding tert-OH is 3. The number of hydrogen-bond acceptors (Lipinski definition) is 7. The van der Waals surface area contributed by atoms with Crippen LogP contribution in [0.3, 0.4) is 0 Å². The van der Waals surface area contributed by atoms with Crippen molar-refractivity contribution >= 4 is 11.8 Å². The summed E-state index contributed by atoms with van der Waals surface area (Å²) >= 11 is 0. The van der Waals surface area contributed by atoms with Crippen LogP contribution in [0.1, 0.15) is 162 Å². The van der Waals surface area contributed by atoms with E-state index in [1.165, 1.54) is 57.8 Å². The van der Waals surface area contributed by atoms with Gasteiger partial charge < -0.3 is 24.8 Å². The summed E-state index contributed by atoms with van der Waals surface area (Å²) in [5.41, 5.74) is 0.549. The first-order chi connectivity index (χ1) is 20.3. The number of Topliss-reactive ketones (excluding diaryl/α,β-unsaturated/α-hetero) is 1. The molecule has 7 heteroatoms. The maximum absolute atomic E-state index is 12.2. The SMILES string of the molecule is CCCCCCCCCCCC[C@H](O)[C@H]1CC[C@H]([C@@H](O)CCCCCC(=O)CCCCC(O)CC2=C[C@H](C)OC2=O)O1. The quantitative estimate of drug-likeness (QED) is 0.0713. The van der Waals surface area contributed by atoms with E-state index in [0.29, 0.717) is 37.7 Å². The van der Waals surface area contributed by atoms with Crippen LogP contribution in [-0.2, 0) is 19.1 Å². The van der Waals surface area contributed by atoms with E-state index < -0.39 is 18.3 Å². The molecule has 3 N–H and O–H groups in total. The van der Waals surface area contributed by atoms with Crippen molar-refractivity contribution in [3.63, 3.8) is 0 Å². The van der Waals surface area contributed by atoms with Crippen LogP contribution >= 0.6 is 0 Å². The molecule has 0 radical (unpaired) electrons. The van der Waals surface area contributed by atoms with Crippen LogP contribution in [-0.4, -0.2) is 63.7 Å². The molecule has 42 heavy (non-hydrogen) atoms. The maximum Gasteiger partial charge on any atom is 0.334 e. The molecule has 0 saturated carbocycles. The summed E-state index contributed by atoms with van der Waals surface area (Å²) in [6.45, 7) is 4.05. The molecule has 1 saturated heterocycles. The topological polar surface area (TPSA) is 113 Å². The van der Waals surface area contributed by atoms with Crippen molar-refractivity contribution in [1.29, 1.82) is 0 Å². The molecule has 0 spiro atoms. The van der Waals surface area contributed by atoms with Crippen molar-refractivity contribution < 1.29 is 34.4 Å². The molecular formula is C35H62O7. The molecule has 244 valence electrons. The number of cyclic esters (lactones) is 1. The molecule has 1 unspecified atom stereocenters. The number of ketones is 1. The minimum absolute atomic E-state index is 0.151. The lowest BCUT2D eigenvalue weighted by atomic mass is 9.99. The fourth-order valence-electron chi connectivity index (χ4n) is 6.28.